The van der Waals surface area contributed by atoms with Gasteiger partial charge in [0.2, 0.25) is 12.7 Å². The van der Waals surface area contributed by atoms with E-state index in [0.717, 1.165) is 4.90 Å². The third kappa shape index (κ3) is 2.95. The quantitative estimate of drug-likeness (QED) is 0.804. The van der Waals surface area contributed by atoms with Gasteiger partial charge in [-0.15, -0.1) is 0 Å². The Morgan fingerprint density at radius 1 is 1.15 bits per heavy atom. The summed E-state index contributed by atoms with van der Waals surface area (Å²) in [5, 5.41) is 5.33. The minimum Gasteiger partial charge on any atom is -0.454 e. The van der Waals surface area contributed by atoms with Crippen molar-refractivity contribution in [2.45, 2.75) is 12.5 Å². The van der Waals surface area contributed by atoms with E-state index < -0.39 is 23.4 Å². The van der Waals surface area contributed by atoms with Gasteiger partial charge in [0.15, 0.2) is 11.5 Å². The average Bonchev–Trinajstić information content (AvgIpc) is 3.21. The van der Waals surface area contributed by atoms with Crippen LogP contribution in [0.4, 0.5) is 10.5 Å². The summed E-state index contributed by atoms with van der Waals surface area (Å²) in [4.78, 5) is 38.4. The Labute approximate surface area is 155 Å². The third-order valence-electron chi connectivity index (χ3n) is 4.58. The van der Waals surface area contributed by atoms with Crippen LogP contribution in [0.3, 0.4) is 0 Å². The molecule has 0 spiro atoms. The number of benzene rings is 2. The molecule has 138 valence electrons. The van der Waals surface area contributed by atoms with Gasteiger partial charge in [0.25, 0.3) is 5.91 Å². The molecule has 2 heterocycles. The fraction of sp³-hybridized carbons (Fsp3) is 0.211. The molecule has 8 nitrogen and oxygen atoms in total. The summed E-state index contributed by atoms with van der Waals surface area (Å²) >= 11 is 0. The second kappa shape index (κ2) is 6.31. The molecule has 0 saturated carbocycles. The van der Waals surface area contributed by atoms with Crippen molar-refractivity contribution in [3.63, 3.8) is 0 Å². The highest BCUT2D eigenvalue weighted by Crippen LogP contribution is 2.34. The molecule has 8 heteroatoms. The lowest BCUT2D eigenvalue weighted by atomic mass is 9.92. The van der Waals surface area contributed by atoms with E-state index in [2.05, 4.69) is 10.6 Å². The Bertz CT molecular complexity index is 930. The SMILES string of the molecule is C[C@@]1(c2ccccc2)NC(=O)N(CC(=O)Nc2ccc3c(c2)OCO3)C1=O. The predicted molar refractivity (Wildman–Crippen MR) is 95.2 cm³/mol. The summed E-state index contributed by atoms with van der Waals surface area (Å²) in [5.41, 5.74) is -0.0543. The van der Waals surface area contributed by atoms with Gasteiger partial charge in [-0.05, 0) is 24.6 Å². The number of ether oxygens (including phenoxy) is 2. The third-order valence-corrected chi connectivity index (χ3v) is 4.58. The van der Waals surface area contributed by atoms with E-state index in [-0.39, 0.29) is 13.3 Å². The van der Waals surface area contributed by atoms with Crippen molar-refractivity contribution in [2.24, 2.45) is 0 Å². The molecule has 27 heavy (non-hydrogen) atoms. The minimum atomic E-state index is -1.20. The molecule has 1 atom stereocenters. The number of fused-ring (bicyclic) bond motifs is 1. The van der Waals surface area contributed by atoms with E-state index in [4.69, 9.17) is 9.47 Å². The van der Waals surface area contributed by atoms with Gasteiger partial charge >= 0.3 is 6.03 Å². The number of rotatable bonds is 4. The van der Waals surface area contributed by atoms with Crippen LogP contribution in [0.2, 0.25) is 0 Å². The highest BCUT2D eigenvalue weighted by Gasteiger charge is 2.49. The molecule has 4 amide bonds. The molecule has 2 aliphatic rings. The molecule has 1 saturated heterocycles. The van der Waals surface area contributed by atoms with Gasteiger partial charge in [0.05, 0.1) is 0 Å². The van der Waals surface area contributed by atoms with E-state index in [0.29, 0.717) is 22.7 Å². The van der Waals surface area contributed by atoms with Gasteiger partial charge in [0.1, 0.15) is 12.1 Å². The average molecular weight is 367 g/mol. The van der Waals surface area contributed by atoms with Gasteiger partial charge < -0.3 is 20.1 Å². The fourth-order valence-corrected chi connectivity index (χ4v) is 3.13. The summed E-state index contributed by atoms with van der Waals surface area (Å²) in [5.74, 6) is 0.161. The van der Waals surface area contributed by atoms with Crippen molar-refractivity contribution in [2.75, 3.05) is 18.7 Å². The predicted octanol–water partition coefficient (Wildman–Crippen LogP) is 1.82. The minimum absolute atomic E-state index is 0.132. The largest absolute Gasteiger partial charge is 0.454 e. The number of imide groups is 1. The van der Waals surface area contributed by atoms with Crippen molar-refractivity contribution in [3.8, 4) is 11.5 Å². The molecule has 0 radical (unpaired) electrons. The van der Waals surface area contributed by atoms with Gasteiger partial charge in [0, 0.05) is 11.8 Å². The van der Waals surface area contributed by atoms with Crippen molar-refractivity contribution in [1.29, 1.82) is 0 Å². The van der Waals surface area contributed by atoms with Crippen LogP contribution in [0.1, 0.15) is 12.5 Å². The molecule has 2 aromatic carbocycles. The van der Waals surface area contributed by atoms with Crippen LogP contribution < -0.4 is 20.1 Å². The first kappa shape index (κ1) is 16.9. The topological polar surface area (TPSA) is 97.0 Å². The van der Waals surface area contributed by atoms with Crippen LogP contribution in [0, 0.1) is 0 Å². The van der Waals surface area contributed by atoms with Gasteiger partial charge in [-0.1, -0.05) is 30.3 Å². The number of carbonyl (C=O) groups excluding carboxylic acids is 3. The lowest BCUT2D eigenvalue weighted by molar-refractivity contribution is -0.133. The monoisotopic (exact) mass is 367 g/mol. The zero-order valence-electron chi connectivity index (χ0n) is 14.5. The smallest absolute Gasteiger partial charge is 0.325 e. The number of hydrogen-bond acceptors (Lipinski definition) is 5. The maximum atomic E-state index is 12.8. The molecule has 0 unspecified atom stereocenters. The highest BCUT2D eigenvalue weighted by atomic mass is 16.7. The summed E-state index contributed by atoms with van der Waals surface area (Å²) in [6.45, 7) is 1.37. The molecule has 2 aliphatic heterocycles. The number of carbonyl (C=O) groups is 3. The first-order valence-corrected chi connectivity index (χ1v) is 8.36. The Kier molecular flexibility index (Phi) is 3.95. The second-order valence-corrected chi connectivity index (χ2v) is 6.43. The van der Waals surface area contributed by atoms with E-state index in [9.17, 15) is 14.4 Å². The van der Waals surface area contributed by atoms with Crippen molar-refractivity contribution in [3.05, 3.63) is 54.1 Å². The van der Waals surface area contributed by atoms with Crippen LogP contribution in [-0.4, -0.2) is 36.1 Å². The van der Waals surface area contributed by atoms with E-state index in [1.807, 2.05) is 6.07 Å². The maximum absolute atomic E-state index is 12.8. The summed E-state index contributed by atoms with van der Waals surface area (Å²) in [6.07, 6.45) is 0. The number of urea groups is 1. The maximum Gasteiger partial charge on any atom is 0.325 e. The normalized spacial score (nSPS) is 20.6. The Morgan fingerprint density at radius 3 is 2.67 bits per heavy atom. The first-order valence-electron chi connectivity index (χ1n) is 8.36. The molecule has 4 rings (SSSR count). The number of nitrogens with zero attached hydrogens (tertiary/aromatic N) is 1. The molecule has 0 aromatic heterocycles. The molecule has 0 bridgehead atoms. The number of nitrogens with one attached hydrogen (secondary N) is 2. The molecular weight excluding hydrogens is 350 g/mol. The molecule has 0 aliphatic carbocycles. The fourth-order valence-electron chi connectivity index (χ4n) is 3.13. The van der Waals surface area contributed by atoms with Crippen LogP contribution in [0.15, 0.2) is 48.5 Å². The summed E-state index contributed by atoms with van der Waals surface area (Å²) in [6, 6.07) is 13.3. The van der Waals surface area contributed by atoms with Gasteiger partial charge in [-0.3, -0.25) is 14.5 Å². The Morgan fingerprint density at radius 2 is 1.89 bits per heavy atom. The van der Waals surface area contributed by atoms with Crippen molar-refractivity contribution < 1.29 is 23.9 Å². The number of amides is 4. The first-order chi connectivity index (χ1) is 13.0. The molecule has 1 fully saturated rings. The van der Waals surface area contributed by atoms with Crippen molar-refractivity contribution >= 4 is 23.5 Å². The lowest BCUT2D eigenvalue weighted by Crippen LogP contribution is -2.42. The molecule has 2 N–H and O–H groups in total. The second-order valence-electron chi connectivity index (χ2n) is 6.43. The molecule has 2 aromatic rings. The van der Waals surface area contributed by atoms with E-state index in [1.54, 1.807) is 49.4 Å². The van der Waals surface area contributed by atoms with Crippen molar-refractivity contribution in [1.82, 2.24) is 10.2 Å². The van der Waals surface area contributed by atoms with Crippen LogP contribution in [0.25, 0.3) is 0 Å². The zero-order valence-corrected chi connectivity index (χ0v) is 14.5. The van der Waals surface area contributed by atoms with Gasteiger partial charge in [-0.25, -0.2) is 4.79 Å². The molecular formula is C19H17N3O5. The van der Waals surface area contributed by atoms with Gasteiger partial charge in [-0.2, -0.15) is 0 Å². The summed E-state index contributed by atoms with van der Waals surface area (Å²) < 4.78 is 10.5. The van der Waals surface area contributed by atoms with Crippen LogP contribution in [-0.2, 0) is 15.1 Å². The van der Waals surface area contributed by atoms with E-state index >= 15 is 0 Å². The zero-order chi connectivity index (χ0) is 19.0. The number of hydrogen-bond donors (Lipinski definition) is 2. The summed E-state index contributed by atoms with van der Waals surface area (Å²) in [7, 11) is 0. The Balaban J connectivity index is 1.47. The van der Waals surface area contributed by atoms with Crippen LogP contribution >= 0.6 is 0 Å². The standard InChI is InChI=1S/C19H17N3O5/c1-19(12-5-3-2-4-6-12)17(24)22(18(25)21-19)10-16(23)20-13-7-8-14-15(9-13)27-11-26-14/h2-9H,10-11H2,1H3,(H,20,23)(H,21,25)/t19-/m0/s1. The lowest BCUT2D eigenvalue weighted by Gasteiger charge is -2.22. The Hall–Kier alpha value is -3.55. The number of anilines is 1. The van der Waals surface area contributed by atoms with Crippen LogP contribution in [0.5, 0.6) is 11.5 Å². The highest BCUT2D eigenvalue weighted by molar-refractivity contribution is 6.10. The van der Waals surface area contributed by atoms with E-state index in [1.165, 1.54) is 0 Å².